The van der Waals surface area contributed by atoms with Crippen LogP contribution in [0.1, 0.15) is 48.0 Å². The standard InChI is InChI=1S/C12H15NO.2C2H6/c1-3-11-9(2)13(12(11)14)10-7-5-4-6-8-10;2*1-2/h4-9,11H,3H2,1-2H3;2*1-2H3. The van der Waals surface area contributed by atoms with E-state index in [1.54, 1.807) is 0 Å². The van der Waals surface area contributed by atoms with E-state index in [4.69, 9.17) is 0 Å². The molecule has 2 heteroatoms. The van der Waals surface area contributed by atoms with Gasteiger partial charge in [-0.1, -0.05) is 52.8 Å². The van der Waals surface area contributed by atoms with Crippen LogP contribution in [0.25, 0.3) is 0 Å². The van der Waals surface area contributed by atoms with Crippen LogP contribution in [-0.4, -0.2) is 11.9 Å². The van der Waals surface area contributed by atoms with Gasteiger partial charge >= 0.3 is 0 Å². The normalized spacial score (nSPS) is 21.0. The molecule has 1 aromatic carbocycles. The van der Waals surface area contributed by atoms with E-state index in [-0.39, 0.29) is 11.8 Å². The lowest BCUT2D eigenvalue weighted by atomic mass is 9.86. The second-order valence-electron chi connectivity index (χ2n) is 3.80. The van der Waals surface area contributed by atoms with Gasteiger partial charge in [-0.2, -0.15) is 0 Å². The summed E-state index contributed by atoms with van der Waals surface area (Å²) in [5.74, 6) is 0.501. The zero-order chi connectivity index (χ0) is 14.1. The van der Waals surface area contributed by atoms with Crippen LogP contribution in [0.15, 0.2) is 30.3 Å². The molecule has 2 nitrogen and oxygen atoms in total. The summed E-state index contributed by atoms with van der Waals surface area (Å²) in [7, 11) is 0. The Balaban J connectivity index is 0.000000659. The minimum atomic E-state index is 0.232. The molecule has 2 atom stereocenters. The highest BCUT2D eigenvalue weighted by molar-refractivity contribution is 6.02. The number of rotatable bonds is 2. The molecule has 1 aliphatic heterocycles. The smallest absolute Gasteiger partial charge is 0.232 e. The van der Waals surface area contributed by atoms with Crippen LogP contribution in [0, 0.1) is 5.92 Å². The second kappa shape index (κ2) is 8.73. The summed E-state index contributed by atoms with van der Waals surface area (Å²) in [6, 6.07) is 10.2. The van der Waals surface area contributed by atoms with Crippen molar-refractivity contribution >= 4 is 11.6 Å². The van der Waals surface area contributed by atoms with Crippen molar-refractivity contribution in [3.8, 4) is 0 Å². The first-order valence-corrected chi connectivity index (χ1v) is 7.13. The van der Waals surface area contributed by atoms with Gasteiger partial charge in [0.15, 0.2) is 0 Å². The summed E-state index contributed by atoms with van der Waals surface area (Å²) in [5, 5.41) is 0. The lowest BCUT2D eigenvalue weighted by Gasteiger charge is -2.45. The number of amides is 1. The third kappa shape index (κ3) is 3.34. The second-order valence-corrected chi connectivity index (χ2v) is 3.80. The van der Waals surface area contributed by atoms with E-state index in [0.29, 0.717) is 6.04 Å². The Hall–Kier alpha value is -1.31. The number of β-lactam (4-membered cyclic amide) rings is 1. The fourth-order valence-electron chi connectivity index (χ4n) is 2.15. The SMILES string of the molecule is CC.CC.CCC1C(=O)N(c2ccccc2)C1C. The highest BCUT2D eigenvalue weighted by Gasteiger charge is 2.43. The third-order valence-electron chi connectivity index (χ3n) is 3.02. The number of para-hydroxylation sites is 1. The number of carbonyl (C=O) groups is 1. The zero-order valence-electron chi connectivity index (χ0n) is 12.6. The van der Waals surface area contributed by atoms with Gasteiger partial charge in [0.1, 0.15) is 0 Å². The molecule has 0 spiro atoms. The maximum atomic E-state index is 11.7. The van der Waals surface area contributed by atoms with E-state index in [0.717, 1.165) is 12.1 Å². The van der Waals surface area contributed by atoms with Gasteiger partial charge in [-0.15, -0.1) is 0 Å². The molecule has 2 unspecified atom stereocenters. The van der Waals surface area contributed by atoms with Crippen LogP contribution in [0.2, 0.25) is 0 Å². The van der Waals surface area contributed by atoms with Gasteiger partial charge < -0.3 is 4.90 Å². The monoisotopic (exact) mass is 249 g/mol. The zero-order valence-corrected chi connectivity index (χ0v) is 12.6. The van der Waals surface area contributed by atoms with Gasteiger partial charge in [-0.3, -0.25) is 4.79 Å². The van der Waals surface area contributed by atoms with Crippen LogP contribution in [0.3, 0.4) is 0 Å². The molecule has 0 N–H and O–H groups in total. The molecule has 1 amide bonds. The Kier molecular flexibility index (Phi) is 8.10. The molecule has 1 aliphatic rings. The molecule has 1 saturated heterocycles. The number of anilines is 1. The largest absolute Gasteiger partial charge is 0.309 e. The molecule has 0 saturated carbocycles. The van der Waals surface area contributed by atoms with E-state index in [2.05, 4.69) is 13.8 Å². The third-order valence-corrected chi connectivity index (χ3v) is 3.02. The topological polar surface area (TPSA) is 20.3 Å². The van der Waals surface area contributed by atoms with Crippen molar-refractivity contribution in [3.63, 3.8) is 0 Å². The Morgan fingerprint density at radius 2 is 1.56 bits per heavy atom. The van der Waals surface area contributed by atoms with Gasteiger partial charge in [0, 0.05) is 11.7 Å². The average molecular weight is 249 g/mol. The summed E-state index contributed by atoms with van der Waals surface area (Å²) in [6.45, 7) is 12.2. The van der Waals surface area contributed by atoms with E-state index in [1.165, 1.54) is 0 Å². The van der Waals surface area contributed by atoms with Crippen molar-refractivity contribution in [2.45, 2.75) is 54.0 Å². The van der Waals surface area contributed by atoms with Gasteiger partial charge in [-0.05, 0) is 25.5 Å². The molecule has 1 fully saturated rings. The molecule has 0 aliphatic carbocycles. The summed E-state index contributed by atoms with van der Waals surface area (Å²) >= 11 is 0. The number of hydrogen-bond acceptors (Lipinski definition) is 1. The first-order valence-electron chi connectivity index (χ1n) is 7.13. The Morgan fingerprint density at radius 3 is 1.94 bits per heavy atom. The van der Waals surface area contributed by atoms with Crippen LogP contribution in [0.4, 0.5) is 5.69 Å². The first kappa shape index (κ1) is 16.7. The van der Waals surface area contributed by atoms with Crippen molar-refractivity contribution in [3.05, 3.63) is 30.3 Å². The molecule has 0 aromatic heterocycles. The Morgan fingerprint density at radius 1 is 1.06 bits per heavy atom. The Bertz CT molecular complexity index is 334. The number of carbonyl (C=O) groups excluding carboxylic acids is 1. The van der Waals surface area contributed by atoms with Crippen molar-refractivity contribution in [2.24, 2.45) is 5.92 Å². The highest BCUT2D eigenvalue weighted by atomic mass is 16.2. The minimum Gasteiger partial charge on any atom is -0.309 e. The van der Waals surface area contributed by atoms with Crippen LogP contribution in [-0.2, 0) is 4.79 Å². The van der Waals surface area contributed by atoms with Crippen LogP contribution >= 0.6 is 0 Å². The van der Waals surface area contributed by atoms with Crippen LogP contribution < -0.4 is 4.90 Å². The summed E-state index contributed by atoms with van der Waals surface area (Å²) in [6.07, 6.45) is 0.948. The van der Waals surface area contributed by atoms with Crippen molar-refractivity contribution in [2.75, 3.05) is 4.90 Å². The van der Waals surface area contributed by atoms with E-state index in [1.807, 2.05) is 62.9 Å². The van der Waals surface area contributed by atoms with E-state index in [9.17, 15) is 4.79 Å². The van der Waals surface area contributed by atoms with Gasteiger partial charge in [0.05, 0.1) is 5.92 Å². The number of hydrogen-bond donors (Lipinski definition) is 0. The Labute approximate surface area is 112 Å². The predicted molar refractivity (Wildman–Crippen MR) is 79.9 cm³/mol. The van der Waals surface area contributed by atoms with Gasteiger partial charge in [0.25, 0.3) is 0 Å². The van der Waals surface area contributed by atoms with E-state index >= 15 is 0 Å². The molecule has 2 rings (SSSR count). The van der Waals surface area contributed by atoms with Crippen molar-refractivity contribution in [1.29, 1.82) is 0 Å². The molecule has 0 bridgehead atoms. The molecule has 0 radical (unpaired) electrons. The molecule has 102 valence electrons. The van der Waals surface area contributed by atoms with E-state index < -0.39 is 0 Å². The van der Waals surface area contributed by atoms with Crippen LogP contribution in [0.5, 0.6) is 0 Å². The fraction of sp³-hybridized carbons (Fsp3) is 0.562. The predicted octanol–water partition coefficient (Wildman–Crippen LogP) is 4.50. The van der Waals surface area contributed by atoms with Gasteiger partial charge in [0.2, 0.25) is 5.91 Å². The van der Waals surface area contributed by atoms with Crippen molar-refractivity contribution in [1.82, 2.24) is 0 Å². The molecule has 18 heavy (non-hydrogen) atoms. The quantitative estimate of drug-likeness (QED) is 0.707. The fourth-order valence-corrected chi connectivity index (χ4v) is 2.15. The maximum Gasteiger partial charge on any atom is 0.232 e. The molecular formula is C16H27NO. The summed E-state index contributed by atoms with van der Waals surface area (Å²) in [5.41, 5.74) is 1.02. The van der Waals surface area contributed by atoms with Gasteiger partial charge in [-0.25, -0.2) is 0 Å². The molecule has 1 aromatic rings. The van der Waals surface area contributed by atoms with Crippen molar-refractivity contribution < 1.29 is 4.79 Å². The maximum absolute atomic E-state index is 11.7. The number of benzene rings is 1. The first-order chi connectivity index (χ1) is 8.75. The lowest BCUT2D eigenvalue weighted by molar-refractivity contribution is -0.129. The summed E-state index contributed by atoms with van der Waals surface area (Å²) < 4.78 is 0. The number of nitrogens with zero attached hydrogens (tertiary/aromatic N) is 1. The molecule has 1 heterocycles. The lowest BCUT2D eigenvalue weighted by Crippen LogP contribution is -2.59. The molecular weight excluding hydrogens is 222 g/mol. The minimum absolute atomic E-state index is 0.232. The summed E-state index contributed by atoms with van der Waals surface area (Å²) in [4.78, 5) is 13.6. The highest BCUT2D eigenvalue weighted by Crippen LogP contribution is 2.33. The average Bonchev–Trinajstić information content (AvgIpc) is 2.45.